The predicted octanol–water partition coefficient (Wildman–Crippen LogP) is -3.49. The Labute approximate surface area is 73.5 Å². The standard InChI is InChI=1S/C6H12O7/c7-1-2(8)3(9)4(10)5(11)6(12)13/h2-5,7-11H,1H2,(H,12,13)/t2-,3+,4-,5+/m1/s1. The molecular weight excluding hydrogens is 184 g/mol. The average molecular weight is 196 g/mol. The molecule has 4 atom stereocenters. The second-order valence-electron chi connectivity index (χ2n) is 2.51. The van der Waals surface area contributed by atoms with Crippen LogP contribution in [0.25, 0.3) is 0 Å². The van der Waals surface area contributed by atoms with Gasteiger partial charge in [0.05, 0.1) is 6.61 Å². The second-order valence-corrected chi connectivity index (χ2v) is 2.51. The molecule has 0 aliphatic rings. The van der Waals surface area contributed by atoms with Crippen LogP contribution in [-0.2, 0) is 4.79 Å². The van der Waals surface area contributed by atoms with Crippen LogP contribution in [0.1, 0.15) is 0 Å². The summed E-state index contributed by atoms with van der Waals surface area (Å²) < 4.78 is 0. The van der Waals surface area contributed by atoms with E-state index in [4.69, 9.17) is 30.6 Å². The Balaban J connectivity index is 4.24. The minimum Gasteiger partial charge on any atom is -0.479 e. The van der Waals surface area contributed by atoms with Gasteiger partial charge >= 0.3 is 5.97 Å². The summed E-state index contributed by atoms with van der Waals surface area (Å²) in [6.07, 6.45) is -7.84. The molecule has 0 spiro atoms. The van der Waals surface area contributed by atoms with Crippen molar-refractivity contribution in [2.24, 2.45) is 0 Å². The molecule has 6 N–H and O–H groups in total. The smallest absolute Gasteiger partial charge is 0.335 e. The lowest BCUT2D eigenvalue weighted by Crippen LogP contribution is -2.48. The van der Waals surface area contributed by atoms with Gasteiger partial charge in [-0.15, -0.1) is 0 Å². The average Bonchev–Trinajstić information content (AvgIpc) is 2.12. The summed E-state index contributed by atoms with van der Waals surface area (Å²) in [6.45, 7) is -0.843. The van der Waals surface area contributed by atoms with Crippen molar-refractivity contribution in [1.29, 1.82) is 0 Å². The van der Waals surface area contributed by atoms with Crippen LogP contribution in [0.4, 0.5) is 0 Å². The fraction of sp³-hybridized carbons (Fsp3) is 0.833. The maximum absolute atomic E-state index is 10.1. The van der Waals surface area contributed by atoms with Gasteiger partial charge in [0, 0.05) is 0 Å². The molecule has 0 saturated heterocycles. The van der Waals surface area contributed by atoms with Crippen molar-refractivity contribution >= 4 is 5.97 Å². The van der Waals surface area contributed by atoms with Crippen molar-refractivity contribution in [2.45, 2.75) is 24.4 Å². The van der Waals surface area contributed by atoms with Crippen molar-refractivity contribution in [1.82, 2.24) is 0 Å². The first-order valence-electron chi connectivity index (χ1n) is 3.47. The van der Waals surface area contributed by atoms with Gasteiger partial charge in [-0.25, -0.2) is 4.79 Å². The van der Waals surface area contributed by atoms with Gasteiger partial charge in [-0.3, -0.25) is 0 Å². The number of aliphatic hydroxyl groups excluding tert-OH is 5. The monoisotopic (exact) mass is 196 g/mol. The summed E-state index contributed by atoms with van der Waals surface area (Å²) >= 11 is 0. The van der Waals surface area contributed by atoms with Gasteiger partial charge in [-0.2, -0.15) is 0 Å². The minimum atomic E-state index is -2.20. The van der Waals surface area contributed by atoms with Crippen LogP contribution in [0, 0.1) is 0 Å². The van der Waals surface area contributed by atoms with Gasteiger partial charge in [0.25, 0.3) is 0 Å². The van der Waals surface area contributed by atoms with Crippen molar-refractivity contribution in [2.75, 3.05) is 6.61 Å². The zero-order valence-electron chi connectivity index (χ0n) is 6.61. The molecule has 0 heterocycles. The van der Waals surface area contributed by atoms with Gasteiger partial charge in [0.15, 0.2) is 6.10 Å². The molecule has 0 aliphatic carbocycles. The van der Waals surface area contributed by atoms with Gasteiger partial charge in [0.2, 0.25) is 0 Å². The first-order valence-corrected chi connectivity index (χ1v) is 3.47. The molecule has 0 amide bonds. The lowest BCUT2D eigenvalue weighted by atomic mass is 10.0. The summed E-state index contributed by atoms with van der Waals surface area (Å²) in [4.78, 5) is 10.1. The van der Waals surface area contributed by atoms with Crippen molar-refractivity contribution in [3.8, 4) is 0 Å². The summed E-state index contributed by atoms with van der Waals surface area (Å²) in [5.41, 5.74) is 0. The van der Waals surface area contributed by atoms with E-state index in [1.807, 2.05) is 0 Å². The van der Waals surface area contributed by atoms with E-state index < -0.39 is 37.0 Å². The molecule has 0 aliphatic heterocycles. The molecule has 0 radical (unpaired) electrons. The number of rotatable bonds is 5. The van der Waals surface area contributed by atoms with Crippen molar-refractivity contribution in [3.05, 3.63) is 0 Å². The second kappa shape index (κ2) is 5.10. The minimum absolute atomic E-state index is 0.843. The summed E-state index contributed by atoms with van der Waals surface area (Å²) in [5, 5.41) is 51.8. The Kier molecular flexibility index (Phi) is 4.81. The summed E-state index contributed by atoms with van der Waals surface area (Å²) in [7, 11) is 0. The Morgan fingerprint density at radius 3 is 1.85 bits per heavy atom. The third-order valence-electron chi connectivity index (χ3n) is 1.51. The fourth-order valence-electron chi connectivity index (χ4n) is 0.668. The molecule has 7 nitrogen and oxygen atoms in total. The Morgan fingerprint density at radius 1 is 1.08 bits per heavy atom. The highest BCUT2D eigenvalue weighted by atomic mass is 16.4. The molecule has 0 saturated carbocycles. The Morgan fingerprint density at radius 2 is 1.54 bits per heavy atom. The zero-order valence-corrected chi connectivity index (χ0v) is 6.61. The number of carboxylic acid groups (broad SMARTS) is 1. The number of aliphatic carboxylic acids is 1. The fourth-order valence-corrected chi connectivity index (χ4v) is 0.668. The van der Waals surface area contributed by atoms with Crippen LogP contribution in [0.3, 0.4) is 0 Å². The van der Waals surface area contributed by atoms with Crippen LogP contribution in [0.2, 0.25) is 0 Å². The molecule has 0 unspecified atom stereocenters. The van der Waals surface area contributed by atoms with E-state index in [-0.39, 0.29) is 0 Å². The number of hydrogen-bond donors (Lipinski definition) is 6. The first kappa shape index (κ1) is 12.3. The van der Waals surface area contributed by atoms with E-state index in [0.717, 1.165) is 0 Å². The van der Waals surface area contributed by atoms with E-state index in [1.165, 1.54) is 0 Å². The van der Waals surface area contributed by atoms with Gasteiger partial charge in [-0.1, -0.05) is 0 Å². The maximum atomic E-state index is 10.1. The Hall–Kier alpha value is -0.730. The SMILES string of the molecule is O=C(O)[C@@H](O)[C@H](O)[C@@H](O)[C@H](O)CO. The van der Waals surface area contributed by atoms with Gasteiger partial charge < -0.3 is 30.6 Å². The molecule has 78 valence electrons. The third kappa shape index (κ3) is 3.25. The third-order valence-corrected chi connectivity index (χ3v) is 1.51. The van der Waals surface area contributed by atoms with Crippen LogP contribution < -0.4 is 0 Å². The van der Waals surface area contributed by atoms with E-state index in [0.29, 0.717) is 0 Å². The van der Waals surface area contributed by atoms with Crippen LogP contribution in [0.15, 0.2) is 0 Å². The molecule has 7 heteroatoms. The molecule has 13 heavy (non-hydrogen) atoms. The van der Waals surface area contributed by atoms with Gasteiger partial charge in [0.1, 0.15) is 18.3 Å². The summed E-state index contributed by atoms with van der Waals surface area (Å²) in [5.74, 6) is -1.73. The highest BCUT2D eigenvalue weighted by Gasteiger charge is 2.33. The van der Waals surface area contributed by atoms with Crippen LogP contribution >= 0.6 is 0 Å². The molecular formula is C6H12O7. The highest BCUT2D eigenvalue weighted by molar-refractivity contribution is 5.72. The van der Waals surface area contributed by atoms with Crippen LogP contribution in [-0.4, -0.2) is 67.6 Å². The number of carbonyl (C=O) groups is 1. The quantitative estimate of drug-likeness (QED) is 0.268. The van der Waals surface area contributed by atoms with E-state index >= 15 is 0 Å². The number of carboxylic acids is 1. The number of aliphatic hydroxyl groups is 5. The molecule has 0 aromatic heterocycles. The van der Waals surface area contributed by atoms with Gasteiger partial charge in [-0.05, 0) is 0 Å². The Bertz CT molecular complexity index is 170. The largest absolute Gasteiger partial charge is 0.479 e. The highest BCUT2D eigenvalue weighted by Crippen LogP contribution is 2.04. The topological polar surface area (TPSA) is 138 Å². The van der Waals surface area contributed by atoms with E-state index in [2.05, 4.69) is 0 Å². The normalized spacial score (nSPS) is 20.4. The van der Waals surface area contributed by atoms with Crippen molar-refractivity contribution < 1.29 is 35.4 Å². The molecule has 0 fully saturated rings. The van der Waals surface area contributed by atoms with Crippen LogP contribution in [0.5, 0.6) is 0 Å². The number of hydrogen-bond acceptors (Lipinski definition) is 6. The molecule has 0 bridgehead atoms. The zero-order chi connectivity index (χ0) is 10.6. The summed E-state index contributed by atoms with van der Waals surface area (Å²) in [6, 6.07) is 0. The first-order chi connectivity index (χ1) is 5.91. The van der Waals surface area contributed by atoms with E-state index in [1.54, 1.807) is 0 Å². The molecule has 0 aromatic rings. The lowest BCUT2D eigenvalue weighted by Gasteiger charge is -2.23. The molecule has 0 aromatic carbocycles. The predicted molar refractivity (Wildman–Crippen MR) is 38.7 cm³/mol. The van der Waals surface area contributed by atoms with Crippen molar-refractivity contribution in [3.63, 3.8) is 0 Å². The molecule has 0 rings (SSSR count). The lowest BCUT2D eigenvalue weighted by molar-refractivity contribution is -0.164. The maximum Gasteiger partial charge on any atom is 0.335 e. The van der Waals surface area contributed by atoms with E-state index in [9.17, 15) is 4.79 Å².